The molecule has 4 heteroatoms. The largest absolute Gasteiger partial charge is 0.493 e. The van der Waals surface area contributed by atoms with Gasteiger partial charge in [-0.1, -0.05) is 0 Å². The molecule has 1 fully saturated rings. The van der Waals surface area contributed by atoms with Gasteiger partial charge in [-0.15, -0.1) is 11.6 Å². The van der Waals surface area contributed by atoms with Crippen molar-refractivity contribution in [2.24, 2.45) is 0 Å². The molecule has 0 spiro atoms. The van der Waals surface area contributed by atoms with E-state index in [0.717, 1.165) is 31.1 Å². The van der Waals surface area contributed by atoms with Gasteiger partial charge in [-0.2, -0.15) is 0 Å². The molecule has 1 aromatic rings. The third-order valence-electron chi connectivity index (χ3n) is 2.40. The minimum absolute atomic E-state index is 0.238. The summed E-state index contributed by atoms with van der Waals surface area (Å²) < 4.78 is 5.25. The van der Waals surface area contributed by atoms with Gasteiger partial charge in [0.05, 0.1) is 12.5 Å². The predicted octanol–water partition coefficient (Wildman–Crippen LogP) is 1.91. The molecule has 1 aliphatic heterocycles. The van der Waals surface area contributed by atoms with Gasteiger partial charge in [-0.3, -0.25) is 0 Å². The van der Waals surface area contributed by atoms with Crippen molar-refractivity contribution in [3.63, 3.8) is 0 Å². The highest BCUT2D eigenvalue weighted by Crippen LogP contribution is 2.28. The van der Waals surface area contributed by atoms with Gasteiger partial charge < -0.3 is 9.64 Å². The van der Waals surface area contributed by atoms with E-state index in [4.69, 9.17) is 16.3 Å². The molecule has 0 radical (unpaired) electrons. The lowest BCUT2D eigenvalue weighted by Gasteiger charge is -2.18. The maximum atomic E-state index is 6.04. The number of pyridine rings is 1. The van der Waals surface area contributed by atoms with Crippen LogP contribution < -0.4 is 9.64 Å². The van der Waals surface area contributed by atoms with Crippen LogP contribution in [0.4, 0.5) is 5.82 Å². The standard InChI is InChI=1S/C10H13ClN2O/c1-14-9-3-2-5-12-10(9)13-6-4-8(11)7-13/h2-3,5,8H,4,6-7H2,1H3. The molecular weight excluding hydrogens is 200 g/mol. The first-order chi connectivity index (χ1) is 6.81. The first-order valence-electron chi connectivity index (χ1n) is 4.69. The second-order valence-corrected chi connectivity index (χ2v) is 3.98. The number of rotatable bonds is 2. The Balaban J connectivity index is 2.22. The van der Waals surface area contributed by atoms with Crippen LogP contribution in [0.3, 0.4) is 0 Å². The molecule has 2 heterocycles. The van der Waals surface area contributed by atoms with E-state index in [-0.39, 0.29) is 5.38 Å². The summed E-state index contributed by atoms with van der Waals surface area (Å²) in [5.41, 5.74) is 0. The number of alkyl halides is 1. The van der Waals surface area contributed by atoms with E-state index in [2.05, 4.69) is 9.88 Å². The van der Waals surface area contributed by atoms with E-state index >= 15 is 0 Å². The maximum absolute atomic E-state index is 6.04. The normalized spacial score (nSPS) is 21.3. The molecule has 2 rings (SSSR count). The number of hydrogen-bond acceptors (Lipinski definition) is 3. The third kappa shape index (κ3) is 1.77. The Morgan fingerprint density at radius 2 is 2.50 bits per heavy atom. The monoisotopic (exact) mass is 212 g/mol. The number of hydrogen-bond donors (Lipinski definition) is 0. The Bertz CT molecular complexity index is 319. The van der Waals surface area contributed by atoms with Gasteiger partial charge in [0.1, 0.15) is 0 Å². The van der Waals surface area contributed by atoms with Crippen molar-refractivity contribution in [2.45, 2.75) is 11.8 Å². The molecule has 0 amide bonds. The molecule has 76 valence electrons. The van der Waals surface area contributed by atoms with E-state index in [1.54, 1.807) is 13.3 Å². The zero-order valence-corrected chi connectivity index (χ0v) is 8.87. The van der Waals surface area contributed by atoms with Crippen LogP contribution in [0.1, 0.15) is 6.42 Å². The van der Waals surface area contributed by atoms with Gasteiger partial charge in [0.15, 0.2) is 11.6 Å². The van der Waals surface area contributed by atoms with Crippen LogP contribution in [0.5, 0.6) is 5.75 Å². The second kappa shape index (κ2) is 4.05. The van der Waals surface area contributed by atoms with Crippen LogP contribution in [-0.2, 0) is 0 Å². The molecule has 0 saturated carbocycles. The zero-order valence-electron chi connectivity index (χ0n) is 8.11. The molecular formula is C10H13ClN2O. The molecule has 0 aromatic carbocycles. The molecule has 0 aliphatic carbocycles. The van der Waals surface area contributed by atoms with Gasteiger partial charge >= 0.3 is 0 Å². The van der Waals surface area contributed by atoms with E-state index in [9.17, 15) is 0 Å². The lowest BCUT2D eigenvalue weighted by molar-refractivity contribution is 0.413. The smallest absolute Gasteiger partial charge is 0.171 e. The van der Waals surface area contributed by atoms with Gasteiger partial charge in [-0.05, 0) is 18.6 Å². The summed E-state index contributed by atoms with van der Waals surface area (Å²) in [5, 5.41) is 0.238. The van der Waals surface area contributed by atoms with Crippen LogP contribution in [0, 0.1) is 0 Å². The zero-order chi connectivity index (χ0) is 9.97. The maximum Gasteiger partial charge on any atom is 0.171 e. The topological polar surface area (TPSA) is 25.4 Å². The summed E-state index contributed by atoms with van der Waals surface area (Å²) in [7, 11) is 1.66. The molecule has 1 saturated heterocycles. The summed E-state index contributed by atoms with van der Waals surface area (Å²) in [4.78, 5) is 6.47. The SMILES string of the molecule is COc1cccnc1N1CCC(Cl)C1. The molecule has 14 heavy (non-hydrogen) atoms. The van der Waals surface area contributed by atoms with Crippen molar-refractivity contribution in [1.29, 1.82) is 0 Å². The van der Waals surface area contributed by atoms with Crippen molar-refractivity contribution in [3.8, 4) is 5.75 Å². The molecule has 1 atom stereocenters. The minimum atomic E-state index is 0.238. The second-order valence-electron chi connectivity index (χ2n) is 3.36. The fourth-order valence-electron chi connectivity index (χ4n) is 1.69. The van der Waals surface area contributed by atoms with E-state index in [1.807, 2.05) is 12.1 Å². The van der Waals surface area contributed by atoms with Gasteiger partial charge in [0.2, 0.25) is 0 Å². The molecule has 0 N–H and O–H groups in total. The van der Waals surface area contributed by atoms with Crippen molar-refractivity contribution >= 4 is 17.4 Å². The highest BCUT2D eigenvalue weighted by molar-refractivity contribution is 6.21. The summed E-state index contributed by atoms with van der Waals surface area (Å²) in [6.07, 6.45) is 2.79. The first kappa shape index (κ1) is 9.59. The minimum Gasteiger partial charge on any atom is -0.493 e. The van der Waals surface area contributed by atoms with E-state index in [0.29, 0.717) is 0 Å². The first-order valence-corrected chi connectivity index (χ1v) is 5.13. The van der Waals surface area contributed by atoms with Crippen LogP contribution in [0.2, 0.25) is 0 Å². The van der Waals surface area contributed by atoms with E-state index in [1.165, 1.54) is 0 Å². The van der Waals surface area contributed by atoms with Gasteiger partial charge in [-0.25, -0.2) is 4.98 Å². The van der Waals surface area contributed by atoms with Crippen LogP contribution >= 0.6 is 11.6 Å². The fraction of sp³-hybridized carbons (Fsp3) is 0.500. The highest BCUT2D eigenvalue weighted by atomic mass is 35.5. The Morgan fingerprint density at radius 3 is 3.14 bits per heavy atom. The Hall–Kier alpha value is -0.960. The molecule has 3 nitrogen and oxygen atoms in total. The number of ether oxygens (including phenoxy) is 1. The Labute approximate surface area is 88.6 Å². The van der Waals surface area contributed by atoms with Crippen molar-refractivity contribution in [1.82, 2.24) is 4.98 Å². The highest BCUT2D eigenvalue weighted by Gasteiger charge is 2.23. The number of aromatic nitrogens is 1. The third-order valence-corrected chi connectivity index (χ3v) is 2.76. The summed E-state index contributed by atoms with van der Waals surface area (Å²) in [6, 6.07) is 3.79. The van der Waals surface area contributed by atoms with E-state index < -0.39 is 0 Å². The average molecular weight is 213 g/mol. The lowest BCUT2D eigenvalue weighted by Crippen LogP contribution is -2.21. The summed E-state index contributed by atoms with van der Waals surface area (Å²) in [5.74, 6) is 1.72. The van der Waals surface area contributed by atoms with Crippen LogP contribution in [0.15, 0.2) is 18.3 Å². The number of anilines is 1. The predicted molar refractivity (Wildman–Crippen MR) is 57.3 cm³/mol. The van der Waals surface area contributed by atoms with Gasteiger partial charge in [0, 0.05) is 19.3 Å². The van der Waals surface area contributed by atoms with Crippen molar-refractivity contribution < 1.29 is 4.74 Å². The number of halogens is 1. The quantitative estimate of drug-likeness (QED) is 0.701. The average Bonchev–Trinajstić information content (AvgIpc) is 2.65. The summed E-state index contributed by atoms with van der Waals surface area (Å²) >= 11 is 6.04. The molecule has 1 unspecified atom stereocenters. The van der Waals surface area contributed by atoms with Crippen LogP contribution in [0.25, 0.3) is 0 Å². The Kier molecular flexibility index (Phi) is 2.77. The summed E-state index contributed by atoms with van der Waals surface area (Å²) in [6.45, 7) is 1.82. The molecule has 0 bridgehead atoms. The van der Waals surface area contributed by atoms with Crippen LogP contribution in [-0.4, -0.2) is 30.6 Å². The Morgan fingerprint density at radius 1 is 1.64 bits per heavy atom. The van der Waals surface area contributed by atoms with Gasteiger partial charge in [0.25, 0.3) is 0 Å². The van der Waals surface area contributed by atoms with Crippen molar-refractivity contribution in [2.75, 3.05) is 25.1 Å². The number of methoxy groups -OCH3 is 1. The lowest BCUT2D eigenvalue weighted by atomic mass is 10.4. The molecule has 1 aromatic heterocycles. The fourth-order valence-corrected chi connectivity index (χ4v) is 1.95. The van der Waals surface area contributed by atoms with Crippen molar-refractivity contribution in [3.05, 3.63) is 18.3 Å². The molecule has 1 aliphatic rings. The number of nitrogens with zero attached hydrogens (tertiary/aromatic N) is 2.